The fourth-order valence-electron chi connectivity index (χ4n) is 1.96. The molecule has 2 aromatic carbocycles. The van der Waals surface area contributed by atoms with Crippen LogP contribution >= 0.6 is 15.9 Å². The van der Waals surface area contributed by atoms with Crippen molar-refractivity contribution in [3.05, 3.63) is 52.5 Å². The Morgan fingerprint density at radius 1 is 1.14 bits per heavy atom. The van der Waals surface area contributed by atoms with Crippen LogP contribution in [-0.2, 0) is 21.4 Å². The summed E-state index contributed by atoms with van der Waals surface area (Å²) in [5.41, 5.74) is 1.35. The van der Waals surface area contributed by atoms with Gasteiger partial charge in [0.25, 0.3) is 10.0 Å². The molecule has 0 saturated heterocycles. The zero-order valence-electron chi connectivity index (χ0n) is 12.2. The van der Waals surface area contributed by atoms with Crippen LogP contribution in [0.5, 0.6) is 5.75 Å². The molecule has 0 amide bonds. The van der Waals surface area contributed by atoms with Crippen LogP contribution in [0.2, 0.25) is 0 Å². The average molecular weight is 386 g/mol. The molecule has 0 bridgehead atoms. The summed E-state index contributed by atoms with van der Waals surface area (Å²) in [6, 6.07) is 11.9. The lowest BCUT2D eigenvalue weighted by atomic mass is 10.2. The van der Waals surface area contributed by atoms with Gasteiger partial charge in [-0.05, 0) is 35.9 Å². The van der Waals surface area contributed by atoms with E-state index in [1.54, 1.807) is 37.4 Å². The van der Waals surface area contributed by atoms with E-state index < -0.39 is 10.0 Å². The Hall–Kier alpha value is -1.57. The fourth-order valence-corrected chi connectivity index (χ4v) is 3.72. The number of anilines is 1. The van der Waals surface area contributed by atoms with Crippen LogP contribution in [-0.4, -0.2) is 22.6 Å². The van der Waals surface area contributed by atoms with Gasteiger partial charge >= 0.3 is 0 Å². The van der Waals surface area contributed by atoms with Crippen molar-refractivity contribution in [1.82, 2.24) is 0 Å². The van der Waals surface area contributed by atoms with Crippen molar-refractivity contribution in [3.63, 3.8) is 0 Å². The maximum absolute atomic E-state index is 12.6. The zero-order valence-corrected chi connectivity index (χ0v) is 14.6. The van der Waals surface area contributed by atoms with Crippen LogP contribution in [0.3, 0.4) is 0 Å². The molecular weight excluding hydrogens is 370 g/mol. The second-order valence-corrected chi connectivity index (χ2v) is 7.10. The number of nitrogens with one attached hydrogen (secondary N) is 1. The van der Waals surface area contributed by atoms with E-state index in [4.69, 9.17) is 9.47 Å². The Balaban J connectivity index is 2.35. The standard InChI is InChI=1S/C15H16BrNO4S/c1-20-10-11-4-3-5-13(8-11)17-22(18,19)15-9-12(16)6-7-14(15)21-2/h3-9,17H,10H2,1-2H3. The van der Waals surface area contributed by atoms with Crippen LogP contribution in [0, 0.1) is 0 Å². The number of rotatable bonds is 6. The van der Waals surface area contributed by atoms with Crippen molar-refractivity contribution in [2.75, 3.05) is 18.9 Å². The molecular formula is C15H16BrNO4S. The lowest BCUT2D eigenvalue weighted by molar-refractivity contribution is 0.185. The van der Waals surface area contributed by atoms with Crippen molar-refractivity contribution in [2.24, 2.45) is 0 Å². The molecule has 0 fully saturated rings. The van der Waals surface area contributed by atoms with E-state index >= 15 is 0 Å². The van der Waals surface area contributed by atoms with E-state index in [1.807, 2.05) is 6.07 Å². The number of sulfonamides is 1. The Morgan fingerprint density at radius 3 is 2.59 bits per heavy atom. The fraction of sp³-hybridized carbons (Fsp3) is 0.200. The Bertz CT molecular complexity index is 762. The van der Waals surface area contributed by atoms with Gasteiger partial charge < -0.3 is 9.47 Å². The topological polar surface area (TPSA) is 64.6 Å². The third kappa shape index (κ3) is 4.00. The highest BCUT2D eigenvalue weighted by Gasteiger charge is 2.20. The van der Waals surface area contributed by atoms with Gasteiger partial charge in [0, 0.05) is 17.3 Å². The Labute approximate surface area is 138 Å². The Kier molecular flexibility index (Phi) is 5.44. The summed E-state index contributed by atoms with van der Waals surface area (Å²) in [7, 11) is -0.738. The molecule has 0 aromatic heterocycles. The predicted molar refractivity (Wildman–Crippen MR) is 88.7 cm³/mol. The quantitative estimate of drug-likeness (QED) is 0.827. The van der Waals surface area contributed by atoms with Crippen molar-refractivity contribution in [1.29, 1.82) is 0 Å². The molecule has 2 rings (SSSR count). The van der Waals surface area contributed by atoms with Crippen LogP contribution in [0.25, 0.3) is 0 Å². The summed E-state index contributed by atoms with van der Waals surface area (Å²) < 4.78 is 38.5. The van der Waals surface area contributed by atoms with Crippen LogP contribution < -0.4 is 9.46 Å². The first-order valence-electron chi connectivity index (χ1n) is 6.40. The third-order valence-electron chi connectivity index (χ3n) is 2.91. The predicted octanol–water partition coefficient (Wildman–Crippen LogP) is 3.40. The Morgan fingerprint density at radius 2 is 1.91 bits per heavy atom. The van der Waals surface area contributed by atoms with E-state index in [1.165, 1.54) is 13.2 Å². The number of benzene rings is 2. The van der Waals surface area contributed by atoms with Gasteiger partial charge in [0.15, 0.2) is 0 Å². The van der Waals surface area contributed by atoms with Gasteiger partial charge in [-0.15, -0.1) is 0 Å². The largest absolute Gasteiger partial charge is 0.495 e. The van der Waals surface area contributed by atoms with E-state index in [2.05, 4.69) is 20.7 Å². The van der Waals surface area contributed by atoms with Crippen molar-refractivity contribution >= 4 is 31.6 Å². The lowest BCUT2D eigenvalue weighted by Gasteiger charge is -2.12. The number of hydrogen-bond donors (Lipinski definition) is 1. The third-order valence-corrected chi connectivity index (χ3v) is 4.80. The van der Waals surface area contributed by atoms with Gasteiger partial charge in [0.05, 0.1) is 13.7 Å². The van der Waals surface area contributed by atoms with E-state index in [-0.39, 0.29) is 10.6 Å². The molecule has 2 aromatic rings. The maximum atomic E-state index is 12.6. The molecule has 0 atom stereocenters. The number of methoxy groups -OCH3 is 2. The van der Waals surface area contributed by atoms with Crippen LogP contribution in [0.4, 0.5) is 5.69 Å². The summed E-state index contributed by atoms with van der Waals surface area (Å²) in [4.78, 5) is 0.0709. The molecule has 5 nitrogen and oxygen atoms in total. The second kappa shape index (κ2) is 7.13. The molecule has 0 saturated carbocycles. The molecule has 0 unspecified atom stereocenters. The van der Waals surface area contributed by atoms with E-state index in [9.17, 15) is 8.42 Å². The minimum atomic E-state index is -3.76. The molecule has 118 valence electrons. The number of hydrogen-bond acceptors (Lipinski definition) is 4. The number of halogens is 1. The highest BCUT2D eigenvalue weighted by atomic mass is 79.9. The smallest absolute Gasteiger partial charge is 0.265 e. The average Bonchev–Trinajstić information content (AvgIpc) is 2.47. The lowest BCUT2D eigenvalue weighted by Crippen LogP contribution is -2.14. The highest BCUT2D eigenvalue weighted by molar-refractivity contribution is 9.10. The summed E-state index contributed by atoms with van der Waals surface area (Å²) in [5, 5.41) is 0. The first kappa shape index (κ1) is 16.8. The van der Waals surface area contributed by atoms with Gasteiger partial charge in [0.2, 0.25) is 0 Å². The van der Waals surface area contributed by atoms with Gasteiger partial charge in [-0.1, -0.05) is 28.1 Å². The monoisotopic (exact) mass is 385 g/mol. The SMILES string of the molecule is COCc1cccc(NS(=O)(=O)c2cc(Br)ccc2OC)c1. The van der Waals surface area contributed by atoms with Gasteiger partial charge in [-0.3, -0.25) is 4.72 Å². The zero-order chi connectivity index (χ0) is 16.2. The minimum absolute atomic E-state index is 0.0709. The minimum Gasteiger partial charge on any atom is -0.495 e. The van der Waals surface area contributed by atoms with Gasteiger partial charge in [-0.2, -0.15) is 0 Å². The molecule has 1 N–H and O–H groups in total. The molecule has 0 radical (unpaired) electrons. The van der Waals surface area contributed by atoms with Crippen LogP contribution in [0.15, 0.2) is 51.8 Å². The van der Waals surface area contributed by atoms with Crippen molar-refractivity contribution in [2.45, 2.75) is 11.5 Å². The summed E-state index contributed by atoms with van der Waals surface area (Å²) in [6.45, 7) is 0.412. The molecule has 7 heteroatoms. The second-order valence-electron chi connectivity index (χ2n) is 4.53. The molecule has 0 heterocycles. The molecule has 0 spiro atoms. The summed E-state index contributed by atoms with van der Waals surface area (Å²) in [6.07, 6.45) is 0. The summed E-state index contributed by atoms with van der Waals surface area (Å²) >= 11 is 3.27. The molecule has 0 aliphatic carbocycles. The van der Waals surface area contributed by atoms with Crippen molar-refractivity contribution < 1.29 is 17.9 Å². The van der Waals surface area contributed by atoms with Gasteiger partial charge in [0.1, 0.15) is 10.6 Å². The van der Waals surface area contributed by atoms with E-state index in [0.717, 1.165) is 5.56 Å². The van der Waals surface area contributed by atoms with Crippen molar-refractivity contribution in [3.8, 4) is 5.75 Å². The molecule has 0 aliphatic heterocycles. The van der Waals surface area contributed by atoms with E-state index in [0.29, 0.717) is 16.8 Å². The number of ether oxygens (including phenoxy) is 2. The maximum Gasteiger partial charge on any atom is 0.265 e. The first-order valence-corrected chi connectivity index (χ1v) is 8.68. The highest BCUT2D eigenvalue weighted by Crippen LogP contribution is 2.29. The van der Waals surface area contributed by atoms with Gasteiger partial charge in [-0.25, -0.2) is 8.42 Å². The molecule has 0 aliphatic rings. The summed E-state index contributed by atoms with van der Waals surface area (Å²) in [5.74, 6) is 0.281. The van der Waals surface area contributed by atoms with Crippen LogP contribution in [0.1, 0.15) is 5.56 Å². The molecule has 22 heavy (non-hydrogen) atoms. The first-order chi connectivity index (χ1) is 10.5. The normalized spacial score (nSPS) is 11.2.